The highest BCUT2D eigenvalue weighted by molar-refractivity contribution is 5.96. The first kappa shape index (κ1) is 23.5. The standard InChI is InChI=1S/C31H27N5O2/c1-21-28(30(37)32-18-22-8-3-2-4-9-22)29(36-31(35-21)33-20-34-36)24-14-16-26(17-15-24)38-19-25-12-7-11-23-10-5-6-13-27(23)25/h2-17,20,29H,18-19H2,1H3,(H,32,37)(H,33,34,35)/t29-/m1/s1. The van der Waals surface area contributed by atoms with Crippen LogP contribution in [0.5, 0.6) is 5.75 Å². The van der Waals surface area contributed by atoms with Crippen molar-refractivity contribution in [3.8, 4) is 5.75 Å². The summed E-state index contributed by atoms with van der Waals surface area (Å²) in [5.41, 5.74) is 4.43. The summed E-state index contributed by atoms with van der Waals surface area (Å²) in [7, 11) is 0. The predicted molar refractivity (Wildman–Crippen MR) is 147 cm³/mol. The van der Waals surface area contributed by atoms with Crippen molar-refractivity contribution in [2.75, 3.05) is 5.32 Å². The van der Waals surface area contributed by atoms with E-state index in [2.05, 4.69) is 51.0 Å². The van der Waals surface area contributed by atoms with Gasteiger partial charge in [0.25, 0.3) is 5.91 Å². The minimum Gasteiger partial charge on any atom is -0.489 e. The number of anilines is 1. The van der Waals surface area contributed by atoms with Gasteiger partial charge in [-0.1, -0.05) is 84.9 Å². The molecule has 7 nitrogen and oxygen atoms in total. The molecule has 2 N–H and O–H groups in total. The van der Waals surface area contributed by atoms with Gasteiger partial charge in [0.2, 0.25) is 5.95 Å². The van der Waals surface area contributed by atoms with Gasteiger partial charge in [-0.2, -0.15) is 10.1 Å². The van der Waals surface area contributed by atoms with E-state index in [1.807, 2.05) is 73.7 Å². The van der Waals surface area contributed by atoms with E-state index in [-0.39, 0.29) is 5.91 Å². The maximum atomic E-state index is 13.4. The third-order valence-electron chi connectivity index (χ3n) is 6.81. The molecule has 0 bridgehead atoms. The Morgan fingerprint density at radius 2 is 1.71 bits per heavy atom. The molecule has 0 fully saturated rings. The Morgan fingerprint density at radius 3 is 2.55 bits per heavy atom. The van der Waals surface area contributed by atoms with Gasteiger partial charge >= 0.3 is 0 Å². The van der Waals surface area contributed by atoms with Gasteiger partial charge in [-0.25, -0.2) is 4.68 Å². The van der Waals surface area contributed by atoms with Crippen molar-refractivity contribution >= 4 is 22.6 Å². The lowest BCUT2D eigenvalue weighted by Crippen LogP contribution is -2.34. The summed E-state index contributed by atoms with van der Waals surface area (Å²) in [6, 6.07) is 31.8. The fourth-order valence-electron chi connectivity index (χ4n) is 4.89. The summed E-state index contributed by atoms with van der Waals surface area (Å²) in [5, 5.41) is 13.1. The van der Waals surface area contributed by atoms with E-state index in [1.54, 1.807) is 4.68 Å². The van der Waals surface area contributed by atoms with Crippen LogP contribution < -0.4 is 15.4 Å². The summed E-state index contributed by atoms with van der Waals surface area (Å²) >= 11 is 0. The van der Waals surface area contributed by atoms with Crippen molar-refractivity contribution < 1.29 is 9.53 Å². The van der Waals surface area contributed by atoms with Crippen molar-refractivity contribution in [3.63, 3.8) is 0 Å². The number of allylic oxidation sites excluding steroid dienone is 1. The Balaban J connectivity index is 1.23. The first-order valence-corrected chi connectivity index (χ1v) is 12.6. The van der Waals surface area contributed by atoms with E-state index >= 15 is 0 Å². The molecule has 0 unspecified atom stereocenters. The fourth-order valence-corrected chi connectivity index (χ4v) is 4.89. The number of ether oxygens (including phenoxy) is 1. The highest BCUT2D eigenvalue weighted by Crippen LogP contribution is 2.35. The Kier molecular flexibility index (Phi) is 6.32. The Morgan fingerprint density at radius 1 is 0.947 bits per heavy atom. The van der Waals surface area contributed by atoms with Crippen molar-refractivity contribution in [1.29, 1.82) is 0 Å². The van der Waals surface area contributed by atoms with Crippen molar-refractivity contribution in [2.24, 2.45) is 0 Å². The predicted octanol–water partition coefficient (Wildman–Crippen LogP) is 5.62. The van der Waals surface area contributed by atoms with Gasteiger partial charge < -0.3 is 15.4 Å². The maximum Gasteiger partial charge on any atom is 0.251 e. The largest absolute Gasteiger partial charge is 0.489 e. The van der Waals surface area contributed by atoms with E-state index in [0.29, 0.717) is 24.7 Å². The normalized spacial score (nSPS) is 14.6. The average molecular weight is 502 g/mol. The molecule has 38 heavy (non-hydrogen) atoms. The van der Waals surface area contributed by atoms with Gasteiger partial charge in [-0.15, -0.1) is 0 Å². The number of benzene rings is 4. The van der Waals surface area contributed by atoms with E-state index in [0.717, 1.165) is 28.1 Å². The zero-order chi connectivity index (χ0) is 25.9. The van der Waals surface area contributed by atoms with Crippen LogP contribution in [0.2, 0.25) is 0 Å². The number of hydrogen-bond acceptors (Lipinski definition) is 5. The van der Waals surface area contributed by atoms with E-state index in [1.165, 1.54) is 17.1 Å². The Labute approximate surface area is 220 Å². The van der Waals surface area contributed by atoms with E-state index < -0.39 is 6.04 Å². The van der Waals surface area contributed by atoms with Crippen LogP contribution in [0.25, 0.3) is 10.8 Å². The minimum absolute atomic E-state index is 0.152. The van der Waals surface area contributed by atoms with Crippen LogP contribution in [0.1, 0.15) is 29.7 Å². The first-order valence-electron chi connectivity index (χ1n) is 12.6. The molecule has 0 saturated heterocycles. The van der Waals surface area contributed by atoms with Crippen LogP contribution in [-0.4, -0.2) is 20.7 Å². The smallest absolute Gasteiger partial charge is 0.251 e. The van der Waals surface area contributed by atoms with Crippen LogP contribution >= 0.6 is 0 Å². The minimum atomic E-state index is -0.420. The molecule has 7 heteroatoms. The van der Waals surface area contributed by atoms with Crippen LogP contribution in [-0.2, 0) is 17.9 Å². The molecule has 1 amide bonds. The van der Waals surface area contributed by atoms with E-state index in [4.69, 9.17) is 4.74 Å². The maximum absolute atomic E-state index is 13.4. The second-order valence-electron chi connectivity index (χ2n) is 9.26. The third-order valence-corrected chi connectivity index (χ3v) is 6.81. The molecular weight excluding hydrogens is 474 g/mol. The summed E-state index contributed by atoms with van der Waals surface area (Å²) in [4.78, 5) is 17.8. The Hall–Kier alpha value is -4.91. The number of carbonyl (C=O) groups excluding carboxylic acids is 1. The summed E-state index contributed by atoms with van der Waals surface area (Å²) < 4.78 is 7.89. The molecule has 5 aromatic rings. The van der Waals surface area contributed by atoms with Crippen LogP contribution in [0.4, 0.5) is 5.95 Å². The molecule has 1 atom stereocenters. The molecule has 0 spiro atoms. The highest BCUT2D eigenvalue weighted by atomic mass is 16.5. The van der Waals surface area contributed by atoms with Gasteiger partial charge in [0.05, 0.1) is 5.57 Å². The number of amides is 1. The number of nitrogens with one attached hydrogen (secondary N) is 2. The van der Waals surface area contributed by atoms with Crippen molar-refractivity contribution in [2.45, 2.75) is 26.1 Å². The number of nitrogens with zero attached hydrogens (tertiary/aromatic N) is 3. The van der Waals surface area contributed by atoms with Gasteiger partial charge in [-0.3, -0.25) is 4.79 Å². The second kappa shape index (κ2) is 10.2. The summed E-state index contributed by atoms with van der Waals surface area (Å²) in [5.74, 6) is 1.20. The summed E-state index contributed by atoms with van der Waals surface area (Å²) in [6.07, 6.45) is 1.50. The molecule has 0 saturated carbocycles. The van der Waals surface area contributed by atoms with Crippen molar-refractivity contribution in [1.82, 2.24) is 20.1 Å². The first-order chi connectivity index (χ1) is 18.7. The lowest BCUT2D eigenvalue weighted by Gasteiger charge is -2.28. The van der Waals surface area contributed by atoms with Gasteiger partial charge in [0.1, 0.15) is 24.7 Å². The molecule has 0 radical (unpaired) electrons. The quantitative estimate of drug-likeness (QED) is 0.303. The van der Waals surface area contributed by atoms with Crippen LogP contribution in [0, 0.1) is 0 Å². The van der Waals surface area contributed by atoms with Gasteiger partial charge in [0.15, 0.2) is 0 Å². The number of aromatic nitrogens is 3. The molecule has 2 heterocycles. The molecule has 4 aromatic carbocycles. The number of hydrogen-bond donors (Lipinski definition) is 2. The SMILES string of the molecule is CC1=C(C(=O)NCc2ccccc2)[C@@H](c2ccc(OCc3cccc4ccccc34)cc2)n2ncnc2N1. The second-order valence-corrected chi connectivity index (χ2v) is 9.26. The van der Waals surface area contributed by atoms with Crippen LogP contribution in [0.3, 0.4) is 0 Å². The lowest BCUT2D eigenvalue weighted by atomic mass is 9.95. The topological polar surface area (TPSA) is 81.1 Å². The molecule has 188 valence electrons. The molecule has 1 aliphatic heterocycles. The molecule has 6 rings (SSSR count). The molecule has 0 aliphatic carbocycles. The van der Waals surface area contributed by atoms with Gasteiger partial charge in [-0.05, 0) is 46.5 Å². The van der Waals surface area contributed by atoms with Gasteiger partial charge in [0, 0.05) is 12.2 Å². The zero-order valence-corrected chi connectivity index (χ0v) is 21.0. The molecule has 1 aromatic heterocycles. The van der Waals surface area contributed by atoms with Crippen LogP contribution in [0.15, 0.2) is 115 Å². The Bertz CT molecular complexity index is 1620. The average Bonchev–Trinajstić information content (AvgIpc) is 3.43. The summed E-state index contributed by atoms with van der Waals surface area (Å²) in [6.45, 7) is 2.80. The third kappa shape index (κ3) is 4.62. The van der Waals surface area contributed by atoms with E-state index in [9.17, 15) is 4.79 Å². The molecular formula is C31H27N5O2. The monoisotopic (exact) mass is 501 g/mol. The number of carbonyl (C=O) groups is 1. The number of rotatable bonds is 7. The molecule has 1 aliphatic rings. The zero-order valence-electron chi connectivity index (χ0n) is 21.0. The van der Waals surface area contributed by atoms with Crippen molar-refractivity contribution in [3.05, 3.63) is 131 Å². The fraction of sp³-hybridized carbons (Fsp3) is 0.129. The number of fused-ring (bicyclic) bond motifs is 2. The lowest BCUT2D eigenvalue weighted by molar-refractivity contribution is -0.118. The highest BCUT2D eigenvalue weighted by Gasteiger charge is 2.33.